The van der Waals surface area contributed by atoms with E-state index < -0.39 is 0 Å². The summed E-state index contributed by atoms with van der Waals surface area (Å²) in [4.78, 5) is 2.26. The van der Waals surface area contributed by atoms with E-state index in [1.165, 1.54) is 0 Å². The summed E-state index contributed by atoms with van der Waals surface area (Å²) in [6, 6.07) is 6.03. The summed E-state index contributed by atoms with van der Waals surface area (Å²) in [7, 11) is 5.37. The van der Waals surface area contributed by atoms with Gasteiger partial charge >= 0.3 is 0 Å². The first kappa shape index (κ1) is 25.0. The predicted octanol–water partition coefficient (Wildman–Crippen LogP) is 4.71. The van der Waals surface area contributed by atoms with Crippen LogP contribution < -0.4 is 9.47 Å². The van der Waals surface area contributed by atoms with E-state index in [9.17, 15) is 5.41 Å². The molecule has 1 saturated heterocycles. The third kappa shape index (κ3) is 4.64. The normalized spacial score (nSPS) is 26.0. The quantitative estimate of drug-likeness (QED) is 0.357. The Balaban J connectivity index is 0.00000170. The molecule has 0 spiro atoms. The summed E-state index contributed by atoms with van der Waals surface area (Å²) >= 11 is 4.24. The molecule has 1 aromatic rings. The van der Waals surface area contributed by atoms with Crippen molar-refractivity contribution in [2.75, 3.05) is 34.4 Å². The second-order valence-corrected chi connectivity index (χ2v) is 6.49. The molecule has 2 rings (SSSR count). The molecule has 0 aliphatic carbocycles. The Kier molecular flexibility index (Phi) is 10.8. The van der Waals surface area contributed by atoms with Gasteiger partial charge in [-0.05, 0) is 30.2 Å². The summed E-state index contributed by atoms with van der Waals surface area (Å²) < 4.78 is 10.7. The number of hydrogen-bond acceptors (Lipinski definition) is 3. The number of hydrogen-bond donors (Lipinski definition) is 0. The summed E-state index contributed by atoms with van der Waals surface area (Å²) in [5, 5.41) is 10.3. The number of halogens is 2. The molecular weight excluding hydrogens is 607 g/mol. The Morgan fingerprint density at radius 3 is 2.12 bits per heavy atom. The molecule has 1 fully saturated rings. The number of likely N-dealkylation sites (tertiary alicyclic amines) is 1. The number of likely N-dealkylation sites (N-methyl/N-ethyl adjacent to an activating group) is 1. The van der Waals surface area contributed by atoms with Crippen LogP contribution in [0.4, 0.5) is 0 Å². The van der Waals surface area contributed by atoms with Gasteiger partial charge in [0.25, 0.3) is 0 Å². The molecular formula is C17H25I2N2O2Y-. The number of ether oxygens (including phenoxy) is 2. The van der Waals surface area contributed by atoms with Gasteiger partial charge in [0.05, 0.1) is 14.2 Å². The van der Waals surface area contributed by atoms with E-state index in [-0.39, 0.29) is 43.5 Å². The fourth-order valence-electron chi connectivity index (χ4n) is 3.59. The Morgan fingerprint density at radius 1 is 1.12 bits per heavy atom. The van der Waals surface area contributed by atoms with Gasteiger partial charge in [-0.15, -0.1) is 0 Å². The van der Waals surface area contributed by atoms with Crippen LogP contribution in [-0.2, 0) is 38.1 Å². The monoisotopic (exact) mass is 632 g/mol. The molecule has 4 nitrogen and oxygen atoms in total. The predicted molar refractivity (Wildman–Crippen MR) is 115 cm³/mol. The molecule has 0 aromatic heterocycles. The van der Waals surface area contributed by atoms with Gasteiger partial charge in [0.1, 0.15) is 0 Å². The number of nitrogens with zero attached hydrogens (tertiary/aromatic N) is 2. The zero-order chi connectivity index (χ0) is 17.8. The summed E-state index contributed by atoms with van der Waals surface area (Å²) in [5.41, 5.74) is 1.16. The van der Waals surface area contributed by atoms with Crippen LogP contribution >= 0.6 is 37.2 Å². The van der Waals surface area contributed by atoms with Crippen molar-refractivity contribution in [3.05, 3.63) is 29.2 Å². The number of methoxy groups -OCH3 is 2. The Hall–Kier alpha value is 1.01. The number of benzene rings is 1. The molecule has 1 aliphatic rings. The minimum absolute atomic E-state index is 0. The molecule has 7 heteroatoms. The SMILES string of the molecule is COc1ccc(C2(C)CN(C)CC2(C)C(C)=[N-])cc1OC.II.[Y]. The molecule has 2 unspecified atom stereocenters. The molecule has 24 heavy (non-hydrogen) atoms. The van der Waals surface area contributed by atoms with Gasteiger partial charge in [0.15, 0.2) is 11.5 Å². The van der Waals surface area contributed by atoms with Crippen LogP contribution in [0.25, 0.3) is 5.41 Å². The van der Waals surface area contributed by atoms with Crippen LogP contribution in [0.1, 0.15) is 26.3 Å². The minimum Gasteiger partial charge on any atom is -0.811 e. The van der Waals surface area contributed by atoms with Crippen LogP contribution in [0.3, 0.4) is 0 Å². The average Bonchev–Trinajstić information content (AvgIpc) is 2.79. The van der Waals surface area contributed by atoms with E-state index >= 15 is 0 Å². The first-order valence-corrected chi connectivity index (χ1v) is 13.7. The van der Waals surface area contributed by atoms with Crippen LogP contribution in [0, 0.1) is 5.41 Å². The van der Waals surface area contributed by atoms with Crippen molar-refractivity contribution in [1.82, 2.24) is 4.90 Å². The second-order valence-electron chi connectivity index (χ2n) is 6.49. The largest absolute Gasteiger partial charge is 0.811 e. The van der Waals surface area contributed by atoms with E-state index in [2.05, 4.69) is 69.1 Å². The van der Waals surface area contributed by atoms with E-state index in [1.54, 1.807) is 21.1 Å². The van der Waals surface area contributed by atoms with Crippen molar-refractivity contribution in [3.63, 3.8) is 0 Å². The fraction of sp³-hybridized carbons (Fsp3) is 0.588. The van der Waals surface area contributed by atoms with Gasteiger partial charge in [0.2, 0.25) is 0 Å². The third-order valence-electron chi connectivity index (χ3n) is 5.21. The molecule has 2 atom stereocenters. The van der Waals surface area contributed by atoms with Crippen molar-refractivity contribution in [3.8, 4) is 11.5 Å². The summed E-state index contributed by atoms with van der Waals surface area (Å²) in [6.07, 6.45) is 0. The summed E-state index contributed by atoms with van der Waals surface area (Å²) in [6.45, 7) is 7.86. The van der Waals surface area contributed by atoms with E-state index in [0.29, 0.717) is 5.71 Å². The molecule has 1 heterocycles. The van der Waals surface area contributed by atoms with E-state index in [0.717, 1.165) is 30.2 Å². The molecule has 1 aromatic carbocycles. The Labute approximate surface area is 194 Å². The van der Waals surface area contributed by atoms with Crippen LogP contribution in [0.5, 0.6) is 11.5 Å². The van der Waals surface area contributed by atoms with Crippen molar-refractivity contribution in [1.29, 1.82) is 0 Å². The number of rotatable bonds is 4. The molecule has 0 bridgehead atoms. The van der Waals surface area contributed by atoms with Crippen LogP contribution in [0.2, 0.25) is 0 Å². The van der Waals surface area contributed by atoms with Crippen molar-refractivity contribution >= 4 is 42.9 Å². The van der Waals surface area contributed by atoms with Gasteiger partial charge in [-0.2, -0.15) is 5.71 Å². The third-order valence-corrected chi connectivity index (χ3v) is 5.21. The van der Waals surface area contributed by atoms with Gasteiger partial charge < -0.3 is 19.8 Å². The molecule has 0 N–H and O–H groups in total. The van der Waals surface area contributed by atoms with Crippen LogP contribution in [-0.4, -0.2) is 45.0 Å². The average molecular weight is 632 g/mol. The zero-order valence-corrected chi connectivity index (χ0v) is 22.3. The first-order chi connectivity index (χ1) is 10.8. The minimum atomic E-state index is -0.290. The van der Waals surface area contributed by atoms with Crippen molar-refractivity contribution < 1.29 is 42.2 Å². The molecule has 0 amide bonds. The molecule has 0 saturated carbocycles. The standard InChI is InChI=1S/C17H25N2O2.I2.Y/c1-12(18)16(2)10-19(4)11-17(16,3)13-7-8-14(20-5)15(9-13)21-6;1-2;/h7-9H,10-11H2,1-6H3;;/q-1;;. The fourth-order valence-corrected chi connectivity index (χ4v) is 3.59. The topological polar surface area (TPSA) is 44.0 Å². The van der Waals surface area contributed by atoms with Gasteiger partial charge in [0, 0.05) is 88.4 Å². The van der Waals surface area contributed by atoms with Gasteiger partial charge in [-0.1, -0.05) is 26.8 Å². The molecule has 1 aliphatic heterocycles. The second kappa shape index (κ2) is 10.4. The van der Waals surface area contributed by atoms with Crippen molar-refractivity contribution in [2.45, 2.75) is 26.2 Å². The Morgan fingerprint density at radius 2 is 1.67 bits per heavy atom. The van der Waals surface area contributed by atoms with E-state index in [1.807, 2.05) is 12.1 Å². The summed E-state index contributed by atoms with van der Waals surface area (Å²) in [5.74, 6) is 1.45. The maximum atomic E-state index is 10.3. The maximum Gasteiger partial charge on any atom is 0.161 e. The zero-order valence-electron chi connectivity index (χ0n) is 15.2. The van der Waals surface area contributed by atoms with Gasteiger partial charge in [-0.25, -0.2) is 0 Å². The smallest absolute Gasteiger partial charge is 0.161 e. The van der Waals surface area contributed by atoms with Gasteiger partial charge in [-0.3, -0.25) is 0 Å². The van der Waals surface area contributed by atoms with E-state index in [4.69, 9.17) is 9.47 Å². The first-order valence-electron chi connectivity index (χ1n) is 7.37. The van der Waals surface area contributed by atoms with Crippen molar-refractivity contribution in [2.24, 2.45) is 5.41 Å². The maximum absolute atomic E-state index is 10.3. The molecule has 133 valence electrons. The van der Waals surface area contributed by atoms with Crippen LogP contribution in [0.15, 0.2) is 18.2 Å². The Bertz CT molecular complexity index is 574. The molecule has 1 radical (unpaired) electrons.